The molecule has 2 aromatic rings. The average Bonchev–Trinajstić information content (AvgIpc) is 2.75. The van der Waals surface area contributed by atoms with Gasteiger partial charge >= 0.3 is 0 Å². The Morgan fingerprint density at radius 2 is 1.66 bits per heavy atom. The van der Waals surface area contributed by atoms with E-state index in [4.69, 9.17) is 9.47 Å². The summed E-state index contributed by atoms with van der Waals surface area (Å²) in [6.07, 6.45) is 0.838. The Morgan fingerprint density at radius 1 is 1.03 bits per heavy atom. The van der Waals surface area contributed by atoms with Crippen molar-refractivity contribution < 1.29 is 19.1 Å². The Hall–Kier alpha value is -3.02. The zero-order valence-electron chi connectivity index (χ0n) is 17.6. The molecule has 2 aromatic carbocycles. The topological polar surface area (TPSA) is 67.9 Å². The van der Waals surface area contributed by atoms with Gasteiger partial charge in [-0.25, -0.2) is 0 Å². The van der Waals surface area contributed by atoms with Crippen molar-refractivity contribution in [3.63, 3.8) is 0 Å². The van der Waals surface area contributed by atoms with E-state index in [-0.39, 0.29) is 18.4 Å². The zero-order valence-corrected chi connectivity index (χ0v) is 17.6. The molecular formula is C23H30N2O4. The van der Waals surface area contributed by atoms with Crippen LogP contribution in [0.2, 0.25) is 0 Å². The highest BCUT2D eigenvalue weighted by molar-refractivity contribution is 5.87. The fraction of sp³-hybridized carbons (Fsp3) is 0.391. The number of rotatable bonds is 10. The van der Waals surface area contributed by atoms with E-state index in [1.165, 1.54) is 0 Å². The molecule has 0 aliphatic carbocycles. The summed E-state index contributed by atoms with van der Waals surface area (Å²) < 4.78 is 10.8. The van der Waals surface area contributed by atoms with Gasteiger partial charge in [0.05, 0.1) is 7.11 Å². The molecule has 0 fully saturated rings. The van der Waals surface area contributed by atoms with Crippen LogP contribution in [0.5, 0.6) is 11.5 Å². The standard InChI is InChI=1S/C23H30N2O4/c1-5-14-24-23(27)18(3)25(15-19-8-6-17(2)7-9-19)22(26)16-29-21-12-10-20(28-4)11-13-21/h6-13,18H,5,14-16H2,1-4H3,(H,24,27). The van der Waals surface area contributed by atoms with Gasteiger partial charge in [0, 0.05) is 13.1 Å². The Kier molecular flexibility index (Phi) is 8.52. The van der Waals surface area contributed by atoms with Gasteiger partial charge in [-0.15, -0.1) is 0 Å². The fourth-order valence-corrected chi connectivity index (χ4v) is 2.77. The van der Waals surface area contributed by atoms with E-state index < -0.39 is 6.04 Å². The molecule has 6 heteroatoms. The minimum Gasteiger partial charge on any atom is -0.497 e. The largest absolute Gasteiger partial charge is 0.497 e. The number of ether oxygens (including phenoxy) is 2. The molecule has 1 atom stereocenters. The third-order valence-electron chi connectivity index (χ3n) is 4.61. The van der Waals surface area contributed by atoms with Crippen LogP contribution in [0, 0.1) is 6.92 Å². The minimum absolute atomic E-state index is 0.149. The molecule has 29 heavy (non-hydrogen) atoms. The lowest BCUT2D eigenvalue weighted by molar-refractivity contribution is -0.142. The minimum atomic E-state index is -0.602. The number of methoxy groups -OCH3 is 1. The molecule has 0 saturated carbocycles. The molecule has 0 aromatic heterocycles. The average molecular weight is 399 g/mol. The van der Waals surface area contributed by atoms with Crippen molar-refractivity contribution >= 4 is 11.8 Å². The smallest absolute Gasteiger partial charge is 0.261 e. The molecule has 2 amide bonds. The lowest BCUT2D eigenvalue weighted by atomic mass is 10.1. The molecule has 6 nitrogen and oxygen atoms in total. The zero-order chi connectivity index (χ0) is 21.2. The van der Waals surface area contributed by atoms with Crippen LogP contribution in [0.15, 0.2) is 48.5 Å². The molecule has 1 unspecified atom stereocenters. The van der Waals surface area contributed by atoms with Crippen molar-refractivity contribution in [1.29, 1.82) is 0 Å². The summed E-state index contributed by atoms with van der Waals surface area (Å²) in [7, 11) is 1.59. The van der Waals surface area contributed by atoms with Crippen molar-refractivity contribution in [2.45, 2.75) is 39.8 Å². The van der Waals surface area contributed by atoms with Crippen molar-refractivity contribution in [2.75, 3.05) is 20.3 Å². The number of hydrogen-bond acceptors (Lipinski definition) is 4. The van der Waals surface area contributed by atoms with Crippen molar-refractivity contribution in [2.24, 2.45) is 0 Å². The van der Waals surface area contributed by atoms with Crippen molar-refractivity contribution in [3.05, 3.63) is 59.7 Å². The van der Waals surface area contributed by atoms with Crippen LogP contribution in [0.3, 0.4) is 0 Å². The van der Waals surface area contributed by atoms with E-state index in [0.717, 1.165) is 17.5 Å². The normalized spacial score (nSPS) is 11.4. The first-order valence-corrected chi connectivity index (χ1v) is 9.84. The predicted molar refractivity (Wildman–Crippen MR) is 113 cm³/mol. The van der Waals surface area contributed by atoms with Crippen LogP contribution in [-0.4, -0.2) is 43.0 Å². The fourth-order valence-electron chi connectivity index (χ4n) is 2.77. The van der Waals surface area contributed by atoms with Gasteiger partial charge in [0.2, 0.25) is 5.91 Å². The number of aryl methyl sites for hydroxylation is 1. The van der Waals surface area contributed by atoms with Gasteiger partial charge in [0.15, 0.2) is 6.61 Å². The Bertz CT molecular complexity index is 788. The summed E-state index contributed by atoms with van der Waals surface area (Å²) in [5.74, 6) is 0.862. The van der Waals surface area contributed by atoms with Crippen LogP contribution < -0.4 is 14.8 Å². The summed E-state index contributed by atoms with van der Waals surface area (Å²) in [5.41, 5.74) is 2.10. The molecule has 0 saturated heterocycles. The number of nitrogens with zero attached hydrogens (tertiary/aromatic N) is 1. The van der Waals surface area contributed by atoms with E-state index in [1.54, 1.807) is 43.2 Å². The molecule has 0 bridgehead atoms. The summed E-state index contributed by atoms with van der Waals surface area (Å²) >= 11 is 0. The van der Waals surface area contributed by atoms with Crippen LogP contribution in [-0.2, 0) is 16.1 Å². The maximum Gasteiger partial charge on any atom is 0.261 e. The van der Waals surface area contributed by atoms with Gasteiger partial charge in [-0.3, -0.25) is 9.59 Å². The maximum atomic E-state index is 12.9. The van der Waals surface area contributed by atoms with Crippen LogP contribution in [0.25, 0.3) is 0 Å². The Labute approximate surface area is 172 Å². The monoisotopic (exact) mass is 398 g/mol. The van der Waals surface area contributed by atoms with Gasteiger partial charge in [-0.1, -0.05) is 36.8 Å². The first-order chi connectivity index (χ1) is 13.9. The molecule has 2 rings (SSSR count). The van der Waals surface area contributed by atoms with Gasteiger partial charge in [-0.05, 0) is 50.1 Å². The second kappa shape index (κ2) is 11.1. The number of amides is 2. The van der Waals surface area contributed by atoms with Crippen LogP contribution >= 0.6 is 0 Å². The Balaban J connectivity index is 2.09. The van der Waals surface area contributed by atoms with Gasteiger partial charge in [0.25, 0.3) is 5.91 Å². The van der Waals surface area contributed by atoms with E-state index in [0.29, 0.717) is 24.6 Å². The molecule has 0 aliphatic rings. The number of benzene rings is 2. The molecule has 156 valence electrons. The van der Waals surface area contributed by atoms with E-state index in [9.17, 15) is 9.59 Å². The Morgan fingerprint density at radius 3 is 2.24 bits per heavy atom. The molecule has 0 heterocycles. The molecule has 0 aliphatic heterocycles. The molecular weight excluding hydrogens is 368 g/mol. The second-order valence-corrected chi connectivity index (χ2v) is 6.94. The summed E-state index contributed by atoms with van der Waals surface area (Å²) in [6, 6.07) is 14.3. The summed E-state index contributed by atoms with van der Waals surface area (Å²) in [6.45, 7) is 6.51. The van der Waals surface area contributed by atoms with Crippen LogP contribution in [0.4, 0.5) is 0 Å². The van der Waals surface area contributed by atoms with Crippen molar-refractivity contribution in [1.82, 2.24) is 10.2 Å². The van der Waals surface area contributed by atoms with Crippen LogP contribution in [0.1, 0.15) is 31.4 Å². The van der Waals surface area contributed by atoms with Gasteiger partial charge in [-0.2, -0.15) is 0 Å². The highest BCUT2D eigenvalue weighted by atomic mass is 16.5. The first kappa shape index (κ1) is 22.3. The number of nitrogens with one attached hydrogen (secondary N) is 1. The van der Waals surface area contributed by atoms with E-state index in [1.807, 2.05) is 38.1 Å². The molecule has 0 spiro atoms. The molecule has 0 radical (unpaired) electrons. The third-order valence-corrected chi connectivity index (χ3v) is 4.61. The van der Waals surface area contributed by atoms with E-state index >= 15 is 0 Å². The van der Waals surface area contributed by atoms with E-state index in [2.05, 4.69) is 5.32 Å². The van der Waals surface area contributed by atoms with Gasteiger partial charge < -0.3 is 19.7 Å². The SMILES string of the molecule is CCCNC(=O)C(C)N(Cc1ccc(C)cc1)C(=O)COc1ccc(OC)cc1. The quantitative estimate of drug-likeness (QED) is 0.667. The third kappa shape index (κ3) is 6.82. The second-order valence-electron chi connectivity index (χ2n) is 6.94. The lowest BCUT2D eigenvalue weighted by Crippen LogP contribution is -2.49. The number of carbonyl (C=O) groups excluding carboxylic acids is 2. The molecule has 1 N–H and O–H groups in total. The lowest BCUT2D eigenvalue weighted by Gasteiger charge is -2.28. The van der Waals surface area contributed by atoms with Gasteiger partial charge in [0.1, 0.15) is 17.5 Å². The number of hydrogen-bond donors (Lipinski definition) is 1. The first-order valence-electron chi connectivity index (χ1n) is 9.84. The van der Waals surface area contributed by atoms with Crippen molar-refractivity contribution in [3.8, 4) is 11.5 Å². The predicted octanol–water partition coefficient (Wildman–Crippen LogP) is 3.33. The maximum absolute atomic E-state index is 12.9. The summed E-state index contributed by atoms with van der Waals surface area (Å²) in [5, 5.41) is 2.86. The summed E-state index contributed by atoms with van der Waals surface area (Å²) in [4.78, 5) is 27.0. The number of carbonyl (C=O) groups is 2. The highest BCUT2D eigenvalue weighted by Crippen LogP contribution is 2.17. The highest BCUT2D eigenvalue weighted by Gasteiger charge is 2.26.